The Labute approximate surface area is 132 Å². The number of esters is 1. The first-order valence-electron chi connectivity index (χ1n) is 7.24. The summed E-state index contributed by atoms with van der Waals surface area (Å²) in [5.41, 5.74) is 1.05. The van der Waals surface area contributed by atoms with E-state index >= 15 is 0 Å². The van der Waals surface area contributed by atoms with Crippen LogP contribution in [-0.2, 0) is 9.53 Å². The maximum absolute atomic E-state index is 12.5. The quantitative estimate of drug-likeness (QED) is 0.636. The fourth-order valence-corrected chi connectivity index (χ4v) is 2.59. The first-order valence-corrected chi connectivity index (χ1v) is 7.24. The zero-order valence-corrected chi connectivity index (χ0v) is 13.3. The van der Waals surface area contributed by atoms with Crippen molar-refractivity contribution >= 4 is 17.6 Å². The first kappa shape index (κ1) is 16.1. The molecule has 2 rings (SSSR count). The van der Waals surface area contributed by atoms with E-state index in [1.807, 2.05) is 19.9 Å². The van der Waals surface area contributed by atoms with Crippen LogP contribution in [0.4, 0.5) is 5.69 Å². The minimum atomic E-state index is -0.466. The Bertz CT molecular complexity index is 615. The molecule has 0 N–H and O–H groups in total. The molecular formula is C17H23NO4. The van der Waals surface area contributed by atoms with Crippen molar-refractivity contribution in [1.82, 2.24) is 0 Å². The number of anilines is 1. The van der Waals surface area contributed by atoms with Crippen LogP contribution in [0.3, 0.4) is 0 Å². The molecule has 5 nitrogen and oxygen atoms in total. The van der Waals surface area contributed by atoms with Gasteiger partial charge in [0.2, 0.25) is 5.91 Å². The van der Waals surface area contributed by atoms with E-state index in [0.29, 0.717) is 23.4 Å². The molecule has 1 aromatic rings. The van der Waals surface area contributed by atoms with Gasteiger partial charge < -0.3 is 14.4 Å². The lowest BCUT2D eigenvalue weighted by Crippen LogP contribution is -2.37. The van der Waals surface area contributed by atoms with Crippen LogP contribution < -0.4 is 9.64 Å². The summed E-state index contributed by atoms with van der Waals surface area (Å²) in [5.74, 6) is 0.201. The van der Waals surface area contributed by atoms with Crippen LogP contribution in [-0.4, -0.2) is 32.1 Å². The van der Waals surface area contributed by atoms with Gasteiger partial charge in [-0.05, 0) is 25.0 Å². The summed E-state index contributed by atoms with van der Waals surface area (Å²) in [6, 6.07) is 5.02. The summed E-state index contributed by atoms with van der Waals surface area (Å²) < 4.78 is 10.00. The van der Waals surface area contributed by atoms with Crippen LogP contribution in [0.2, 0.25) is 0 Å². The lowest BCUT2D eigenvalue weighted by molar-refractivity contribution is -0.119. The summed E-state index contributed by atoms with van der Waals surface area (Å²) in [5, 5.41) is 0. The molecule has 0 saturated carbocycles. The van der Waals surface area contributed by atoms with Crippen molar-refractivity contribution < 1.29 is 20.5 Å². The van der Waals surface area contributed by atoms with E-state index in [0.717, 1.165) is 0 Å². The van der Waals surface area contributed by atoms with Gasteiger partial charge in [0.1, 0.15) is 11.3 Å². The summed E-state index contributed by atoms with van der Waals surface area (Å²) in [6.07, 6.45) is 4.54. The van der Waals surface area contributed by atoms with E-state index in [-0.39, 0.29) is 19.3 Å². The number of ether oxygens (including phenoxy) is 2. The van der Waals surface area contributed by atoms with Crippen LogP contribution in [0.15, 0.2) is 30.4 Å². The monoisotopic (exact) mass is 305 g/mol. The van der Waals surface area contributed by atoms with Gasteiger partial charge in [-0.15, -0.1) is 0 Å². The number of carbonyl (C=O) groups is 2. The fourth-order valence-electron chi connectivity index (χ4n) is 2.59. The van der Waals surface area contributed by atoms with E-state index < -0.39 is 5.97 Å². The predicted molar refractivity (Wildman–Crippen MR) is 86.3 cm³/mol. The zero-order valence-electron chi connectivity index (χ0n) is 13.3. The lowest BCUT2D eigenvalue weighted by atomic mass is 10.1. The average Bonchev–Trinajstić information content (AvgIpc) is 2.64. The average molecular weight is 305 g/mol. The number of nitrogens with zero attached hydrogens (tertiary/aromatic N) is 1. The minimum absolute atomic E-state index is 0. The number of benzene rings is 1. The van der Waals surface area contributed by atoms with Crippen molar-refractivity contribution in [3.63, 3.8) is 0 Å². The van der Waals surface area contributed by atoms with Crippen molar-refractivity contribution in [1.29, 1.82) is 0 Å². The van der Waals surface area contributed by atoms with Gasteiger partial charge in [-0.2, -0.15) is 0 Å². The third-order valence-corrected chi connectivity index (χ3v) is 3.76. The van der Waals surface area contributed by atoms with Gasteiger partial charge in [0.25, 0.3) is 0 Å². The van der Waals surface area contributed by atoms with Crippen molar-refractivity contribution in [2.45, 2.75) is 26.3 Å². The van der Waals surface area contributed by atoms with Crippen LogP contribution in [0, 0.1) is 5.92 Å². The van der Waals surface area contributed by atoms with Gasteiger partial charge in [-0.25, -0.2) is 4.79 Å². The molecule has 1 aliphatic heterocycles. The number of hydrogen-bond donors (Lipinski definition) is 0. The molecule has 0 bridgehead atoms. The first-order chi connectivity index (χ1) is 10.5. The highest BCUT2D eigenvalue weighted by Gasteiger charge is 2.25. The number of rotatable bonds is 3. The number of allylic oxidation sites excluding steroid dienone is 1. The summed E-state index contributed by atoms with van der Waals surface area (Å²) in [6.45, 7) is 3.98. The summed E-state index contributed by atoms with van der Waals surface area (Å²) in [7, 11) is 2.81. The SMILES string of the molecule is COC(=O)c1ccc(N2C(=O)CC(C)C=C[C@H]2C)cc1OC.[HH]. The fraction of sp³-hybridized carbons (Fsp3) is 0.412. The van der Waals surface area contributed by atoms with Crippen molar-refractivity contribution in [3.8, 4) is 5.75 Å². The Morgan fingerprint density at radius 1 is 1.27 bits per heavy atom. The van der Waals surface area contributed by atoms with Crippen molar-refractivity contribution in [2.75, 3.05) is 19.1 Å². The van der Waals surface area contributed by atoms with Crippen molar-refractivity contribution in [3.05, 3.63) is 35.9 Å². The highest BCUT2D eigenvalue weighted by atomic mass is 16.5. The largest absolute Gasteiger partial charge is 0.496 e. The summed E-state index contributed by atoms with van der Waals surface area (Å²) >= 11 is 0. The second-order valence-electron chi connectivity index (χ2n) is 5.45. The molecule has 0 aromatic heterocycles. The van der Waals surface area contributed by atoms with Gasteiger partial charge >= 0.3 is 5.97 Å². The molecule has 22 heavy (non-hydrogen) atoms. The molecule has 0 fully saturated rings. The normalized spacial score (nSPS) is 21.5. The third kappa shape index (κ3) is 3.13. The Balaban J connectivity index is 0.00000264. The van der Waals surface area contributed by atoms with E-state index in [1.165, 1.54) is 14.2 Å². The predicted octanol–water partition coefficient (Wildman–Crippen LogP) is 3.05. The van der Waals surface area contributed by atoms with Crippen LogP contribution >= 0.6 is 0 Å². The topological polar surface area (TPSA) is 55.8 Å². The number of amides is 1. The highest BCUT2D eigenvalue weighted by molar-refractivity contribution is 5.97. The van der Waals surface area contributed by atoms with Crippen LogP contribution in [0.5, 0.6) is 5.75 Å². The van der Waals surface area contributed by atoms with E-state index in [2.05, 4.69) is 6.08 Å². The second-order valence-corrected chi connectivity index (χ2v) is 5.45. The Morgan fingerprint density at radius 2 is 2.00 bits per heavy atom. The molecule has 0 aliphatic carbocycles. The molecule has 0 saturated heterocycles. The molecule has 2 atom stereocenters. The maximum Gasteiger partial charge on any atom is 0.341 e. The van der Waals surface area contributed by atoms with Gasteiger partial charge in [0.15, 0.2) is 0 Å². The molecule has 1 unspecified atom stereocenters. The molecule has 5 heteroatoms. The molecule has 1 amide bonds. The smallest absolute Gasteiger partial charge is 0.341 e. The Kier molecular flexibility index (Phi) is 4.85. The van der Waals surface area contributed by atoms with E-state index in [9.17, 15) is 9.59 Å². The third-order valence-electron chi connectivity index (χ3n) is 3.76. The molecule has 1 heterocycles. The molecular weight excluding hydrogens is 282 g/mol. The molecule has 1 aliphatic rings. The number of carbonyl (C=O) groups excluding carboxylic acids is 2. The molecule has 0 spiro atoms. The van der Waals surface area contributed by atoms with Crippen LogP contribution in [0.25, 0.3) is 0 Å². The Morgan fingerprint density at radius 3 is 2.64 bits per heavy atom. The zero-order chi connectivity index (χ0) is 16.3. The van der Waals surface area contributed by atoms with Crippen molar-refractivity contribution in [2.24, 2.45) is 5.92 Å². The van der Waals surface area contributed by atoms with Gasteiger partial charge in [-0.3, -0.25) is 4.79 Å². The van der Waals surface area contributed by atoms with E-state index in [1.54, 1.807) is 23.1 Å². The minimum Gasteiger partial charge on any atom is -0.496 e. The Hall–Kier alpha value is -2.30. The van der Waals surface area contributed by atoms with Gasteiger partial charge in [0, 0.05) is 19.6 Å². The second kappa shape index (κ2) is 6.64. The number of methoxy groups -OCH3 is 2. The van der Waals surface area contributed by atoms with Gasteiger partial charge in [-0.1, -0.05) is 19.1 Å². The highest BCUT2D eigenvalue weighted by Crippen LogP contribution is 2.30. The summed E-state index contributed by atoms with van der Waals surface area (Å²) in [4.78, 5) is 25.9. The van der Waals surface area contributed by atoms with E-state index in [4.69, 9.17) is 9.47 Å². The van der Waals surface area contributed by atoms with Gasteiger partial charge in [0.05, 0.1) is 20.3 Å². The molecule has 120 valence electrons. The lowest BCUT2D eigenvalue weighted by Gasteiger charge is -2.27. The standard InChI is InChI=1S/C17H21NO4.H2/c1-11-5-6-12(2)18(16(19)9-11)13-7-8-14(17(20)22-4)15(10-13)21-3;/h5-8,10-12H,9H2,1-4H3;1H/t11?,12-;/m1./s1. The van der Waals surface area contributed by atoms with Crippen LogP contribution in [0.1, 0.15) is 32.1 Å². The molecule has 1 aromatic carbocycles. The molecule has 0 radical (unpaired) electrons. The maximum atomic E-state index is 12.5. The number of hydrogen-bond acceptors (Lipinski definition) is 4.